The first-order valence-corrected chi connectivity index (χ1v) is 12.8. The predicted molar refractivity (Wildman–Crippen MR) is 135 cm³/mol. The van der Waals surface area contributed by atoms with Crippen molar-refractivity contribution in [3.8, 4) is 11.1 Å². The molecule has 9 heteroatoms. The van der Waals surface area contributed by atoms with Crippen LogP contribution in [-0.4, -0.2) is 83.3 Å². The second-order valence-corrected chi connectivity index (χ2v) is 10.5. The number of hydrogen-bond acceptors (Lipinski definition) is 6. The van der Waals surface area contributed by atoms with E-state index in [2.05, 4.69) is 17.4 Å². The summed E-state index contributed by atoms with van der Waals surface area (Å²) in [6, 6.07) is 14.4. The summed E-state index contributed by atoms with van der Waals surface area (Å²) in [6.07, 6.45) is -0.341. The SMILES string of the molecule is CC1SCC(C(=O)O)N1C(=O)C(CCN(C)C)NC(=O)OCC1c2ccccc2-c2ccccc21. The maximum Gasteiger partial charge on any atom is 0.407 e. The molecule has 1 aliphatic carbocycles. The van der Waals surface area contributed by atoms with Crippen molar-refractivity contribution in [2.24, 2.45) is 0 Å². The summed E-state index contributed by atoms with van der Waals surface area (Å²) < 4.78 is 5.63. The lowest BCUT2D eigenvalue weighted by Gasteiger charge is -2.30. The number of fused-ring (bicyclic) bond motifs is 3. The van der Waals surface area contributed by atoms with Crippen LogP contribution in [0.2, 0.25) is 0 Å². The summed E-state index contributed by atoms with van der Waals surface area (Å²) in [5, 5.41) is 12.0. The molecule has 8 nitrogen and oxygen atoms in total. The molecule has 186 valence electrons. The van der Waals surface area contributed by atoms with E-state index in [-0.39, 0.29) is 17.9 Å². The number of rotatable bonds is 8. The molecule has 3 unspecified atom stereocenters. The van der Waals surface area contributed by atoms with E-state index in [1.807, 2.05) is 62.3 Å². The third-order valence-electron chi connectivity index (χ3n) is 6.56. The zero-order valence-electron chi connectivity index (χ0n) is 20.1. The highest BCUT2D eigenvalue weighted by Gasteiger charge is 2.42. The molecular weight excluding hydrogens is 466 g/mol. The summed E-state index contributed by atoms with van der Waals surface area (Å²) >= 11 is 1.41. The Morgan fingerprint density at radius 3 is 2.29 bits per heavy atom. The topological polar surface area (TPSA) is 99.2 Å². The fraction of sp³-hybridized carbons (Fsp3) is 0.423. The molecule has 2 aromatic carbocycles. The van der Waals surface area contributed by atoms with Crippen LogP contribution in [0.15, 0.2) is 48.5 Å². The lowest BCUT2D eigenvalue weighted by molar-refractivity contribution is -0.149. The van der Waals surface area contributed by atoms with Crippen LogP contribution >= 0.6 is 11.8 Å². The van der Waals surface area contributed by atoms with Crippen molar-refractivity contribution >= 4 is 29.7 Å². The third kappa shape index (κ3) is 5.31. The Balaban J connectivity index is 1.46. The standard InChI is InChI=1S/C26H31N3O5S/c1-16-29(23(15-35-16)25(31)32)24(30)22(12-13-28(2)3)27-26(33)34-14-21-19-10-6-4-8-17(19)18-9-5-7-11-20(18)21/h4-11,16,21-23H,12-15H2,1-3H3,(H,27,33)(H,31,32). The van der Waals surface area contributed by atoms with Gasteiger partial charge >= 0.3 is 12.1 Å². The van der Waals surface area contributed by atoms with Crippen LogP contribution in [0.4, 0.5) is 4.79 Å². The van der Waals surface area contributed by atoms with Crippen LogP contribution in [-0.2, 0) is 14.3 Å². The van der Waals surface area contributed by atoms with Crippen LogP contribution < -0.4 is 5.32 Å². The Bertz CT molecular complexity index is 1060. The van der Waals surface area contributed by atoms with Crippen molar-refractivity contribution in [3.63, 3.8) is 0 Å². The quantitative estimate of drug-likeness (QED) is 0.578. The molecule has 0 bridgehead atoms. The van der Waals surface area contributed by atoms with E-state index in [1.165, 1.54) is 16.7 Å². The molecule has 0 aromatic heterocycles. The maximum absolute atomic E-state index is 13.4. The van der Waals surface area contributed by atoms with E-state index in [9.17, 15) is 19.5 Å². The Hall–Kier alpha value is -3.04. The predicted octanol–water partition coefficient (Wildman–Crippen LogP) is 3.22. The zero-order valence-corrected chi connectivity index (χ0v) is 21.0. The second kappa shape index (κ2) is 10.7. The van der Waals surface area contributed by atoms with Crippen molar-refractivity contribution in [1.29, 1.82) is 0 Å². The number of carboxylic acids is 1. The number of thioether (sulfide) groups is 1. The van der Waals surface area contributed by atoms with Crippen molar-refractivity contribution < 1.29 is 24.2 Å². The Kier molecular flexibility index (Phi) is 7.66. The molecule has 0 saturated carbocycles. The van der Waals surface area contributed by atoms with Gasteiger partial charge in [-0.2, -0.15) is 0 Å². The zero-order chi connectivity index (χ0) is 25.1. The van der Waals surface area contributed by atoms with Gasteiger partial charge in [-0.05, 0) is 56.2 Å². The molecule has 4 rings (SSSR count). The number of carbonyl (C=O) groups excluding carboxylic acids is 2. The number of nitrogens with zero attached hydrogens (tertiary/aromatic N) is 2. The molecule has 2 aliphatic rings. The number of aliphatic carboxylic acids is 1. The molecule has 1 fully saturated rings. The lowest BCUT2D eigenvalue weighted by atomic mass is 9.98. The van der Waals surface area contributed by atoms with E-state index < -0.39 is 30.1 Å². The average Bonchev–Trinajstić information content (AvgIpc) is 3.38. The molecule has 1 heterocycles. The molecule has 0 spiro atoms. The molecule has 0 radical (unpaired) electrons. The van der Waals surface area contributed by atoms with Gasteiger partial charge in [-0.3, -0.25) is 4.79 Å². The van der Waals surface area contributed by atoms with Crippen molar-refractivity contribution in [1.82, 2.24) is 15.1 Å². The normalized spacial score (nSPS) is 19.8. The molecule has 2 aromatic rings. The maximum atomic E-state index is 13.4. The number of carbonyl (C=O) groups is 3. The molecule has 1 aliphatic heterocycles. The first-order valence-electron chi connectivity index (χ1n) is 11.7. The van der Waals surface area contributed by atoms with Gasteiger partial charge < -0.3 is 25.0 Å². The molecule has 2 amide bonds. The fourth-order valence-corrected chi connectivity index (χ4v) is 5.95. The molecule has 3 atom stereocenters. The van der Waals surface area contributed by atoms with Gasteiger partial charge in [0.25, 0.3) is 0 Å². The summed E-state index contributed by atoms with van der Waals surface area (Å²) in [4.78, 5) is 41.2. The van der Waals surface area contributed by atoms with Crippen LogP contribution in [0, 0.1) is 0 Å². The number of carboxylic acid groups (broad SMARTS) is 1. The summed E-state index contributed by atoms with van der Waals surface area (Å²) in [5.41, 5.74) is 4.48. The Labute approximate surface area is 209 Å². The van der Waals surface area contributed by atoms with Gasteiger partial charge in [0.05, 0.1) is 5.37 Å². The lowest BCUT2D eigenvalue weighted by Crippen LogP contribution is -2.54. The van der Waals surface area contributed by atoms with Crippen molar-refractivity contribution in [2.45, 2.75) is 36.7 Å². The van der Waals surface area contributed by atoms with Gasteiger partial charge in [0.2, 0.25) is 5.91 Å². The van der Waals surface area contributed by atoms with Crippen LogP contribution in [0.25, 0.3) is 11.1 Å². The fourth-order valence-electron chi connectivity index (χ4n) is 4.77. The van der Waals surface area contributed by atoms with E-state index in [0.29, 0.717) is 18.7 Å². The monoisotopic (exact) mass is 497 g/mol. The largest absolute Gasteiger partial charge is 0.480 e. The van der Waals surface area contributed by atoms with Gasteiger partial charge in [0, 0.05) is 11.7 Å². The highest BCUT2D eigenvalue weighted by Crippen LogP contribution is 2.44. The first kappa shape index (κ1) is 25.1. The number of alkyl carbamates (subject to hydrolysis) is 1. The van der Waals surface area contributed by atoms with Crippen LogP contribution in [0.3, 0.4) is 0 Å². The Morgan fingerprint density at radius 1 is 1.11 bits per heavy atom. The number of hydrogen-bond donors (Lipinski definition) is 2. The molecular formula is C26H31N3O5S. The minimum Gasteiger partial charge on any atom is -0.480 e. The van der Waals surface area contributed by atoms with Gasteiger partial charge in [-0.1, -0.05) is 48.5 Å². The van der Waals surface area contributed by atoms with E-state index >= 15 is 0 Å². The average molecular weight is 498 g/mol. The number of ether oxygens (including phenoxy) is 1. The molecule has 2 N–H and O–H groups in total. The van der Waals surface area contributed by atoms with E-state index in [1.54, 1.807) is 0 Å². The van der Waals surface area contributed by atoms with Crippen LogP contribution in [0.1, 0.15) is 30.4 Å². The van der Waals surface area contributed by atoms with Crippen molar-refractivity contribution in [2.75, 3.05) is 33.0 Å². The smallest absolute Gasteiger partial charge is 0.407 e. The van der Waals surface area contributed by atoms with E-state index in [4.69, 9.17) is 4.74 Å². The minimum atomic E-state index is -1.04. The highest BCUT2D eigenvalue weighted by atomic mass is 32.2. The summed E-state index contributed by atoms with van der Waals surface area (Å²) in [7, 11) is 3.76. The number of nitrogens with one attached hydrogen (secondary N) is 1. The number of benzene rings is 2. The summed E-state index contributed by atoms with van der Waals surface area (Å²) in [5.74, 6) is -1.20. The highest BCUT2D eigenvalue weighted by molar-refractivity contribution is 8.00. The van der Waals surface area contributed by atoms with Gasteiger partial charge in [0.1, 0.15) is 18.7 Å². The number of amides is 2. The van der Waals surface area contributed by atoms with E-state index in [0.717, 1.165) is 22.3 Å². The van der Waals surface area contributed by atoms with Gasteiger partial charge in [0.15, 0.2) is 0 Å². The van der Waals surface area contributed by atoms with Gasteiger partial charge in [-0.15, -0.1) is 11.8 Å². The second-order valence-electron chi connectivity index (χ2n) is 9.15. The van der Waals surface area contributed by atoms with Crippen LogP contribution in [0.5, 0.6) is 0 Å². The minimum absolute atomic E-state index is 0.0875. The van der Waals surface area contributed by atoms with Crippen molar-refractivity contribution in [3.05, 3.63) is 59.7 Å². The Morgan fingerprint density at radius 2 is 1.71 bits per heavy atom. The molecule has 35 heavy (non-hydrogen) atoms. The summed E-state index contributed by atoms with van der Waals surface area (Å²) in [6.45, 7) is 2.50. The molecule has 1 saturated heterocycles. The first-order chi connectivity index (χ1) is 16.8. The third-order valence-corrected chi connectivity index (χ3v) is 7.78. The van der Waals surface area contributed by atoms with Gasteiger partial charge in [-0.25, -0.2) is 9.59 Å².